The van der Waals surface area contributed by atoms with E-state index in [0.717, 1.165) is 16.3 Å². The summed E-state index contributed by atoms with van der Waals surface area (Å²) in [7, 11) is 0. The SMILES string of the molecule is Cc1cc(OC(C)(C)C=O)ccc1Br. The quantitative estimate of drug-likeness (QED) is 0.777. The molecule has 0 fully saturated rings. The number of rotatable bonds is 3. The van der Waals surface area contributed by atoms with E-state index in [-0.39, 0.29) is 0 Å². The molecule has 1 aromatic rings. The highest BCUT2D eigenvalue weighted by Crippen LogP contribution is 2.23. The summed E-state index contributed by atoms with van der Waals surface area (Å²) in [5.74, 6) is 0.711. The second-order valence-electron chi connectivity index (χ2n) is 3.73. The summed E-state index contributed by atoms with van der Waals surface area (Å²) in [5, 5.41) is 0. The fourth-order valence-electron chi connectivity index (χ4n) is 1.01. The van der Waals surface area contributed by atoms with Gasteiger partial charge >= 0.3 is 0 Å². The van der Waals surface area contributed by atoms with Crippen molar-refractivity contribution in [1.29, 1.82) is 0 Å². The number of carbonyl (C=O) groups is 1. The van der Waals surface area contributed by atoms with E-state index in [1.165, 1.54) is 0 Å². The zero-order valence-electron chi connectivity index (χ0n) is 8.50. The van der Waals surface area contributed by atoms with Crippen molar-refractivity contribution in [2.75, 3.05) is 0 Å². The van der Waals surface area contributed by atoms with Crippen molar-refractivity contribution in [3.05, 3.63) is 28.2 Å². The molecule has 0 heterocycles. The minimum Gasteiger partial charge on any atom is -0.480 e. The zero-order valence-corrected chi connectivity index (χ0v) is 10.1. The molecule has 0 unspecified atom stereocenters. The Hall–Kier alpha value is -0.830. The monoisotopic (exact) mass is 256 g/mol. The van der Waals surface area contributed by atoms with Gasteiger partial charge in [0.05, 0.1) is 0 Å². The summed E-state index contributed by atoms with van der Waals surface area (Å²) in [4.78, 5) is 10.6. The molecule has 0 amide bonds. The topological polar surface area (TPSA) is 26.3 Å². The van der Waals surface area contributed by atoms with Crippen molar-refractivity contribution >= 4 is 22.2 Å². The average molecular weight is 257 g/mol. The Labute approximate surface area is 92.4 Å². The van der Waals surface area contributed by atoms with Gasteiger partial charge < -0.3 is 4.74 Å². The van der Waals surface area contributed by atoms with Gasteiger partial charge in [-0.2, -0.15) is 0 Å². The predicted molar refractivity (Wildman–Crippen MR) is 59.7 cm³/mol. The van der Waals surface area contributed by atoms with E-state index in [1.807, 2.05) is 25.1 Å². The van der Waals surface area contributed by atoms with Crippen LogP contribution in [0.1, 0.15) is 19.4 Å². The number of aldehydes is 1. The summed E-state index contributed by atoms with van der Waals surface area (Å²) in [5.41, 5.74) is 0.324. The average Bonchev–Trinajstić information content (AvgIpc) is 2.11. The summed E-state index contributed by atoms with van der Waals surface area (Å²) in [6, 6.07) is 5.64. The van der Waals surface area contributed by atoms with Crippen LogP contribution in [0, 0.1) is 6.92 Å². The van der Waals surface area contributed by atoms with Crippen LogP contribution >= 0.6 is 15.9 Å². The van der Waals surface area contributed by atoms with Gasteiger partial charge in [0.1, 0.15) is 5.75 Å². The van der Waals surface area contributed by atoms with Gasteiger partial charge in [-0.1, -0.05) is 15.9 Å². The second kappa shape index (κ2) is 4.13. The van der Waals surface area contributed by atoms with E-state index in [1.54, 1.807) is 13.8 Å². The number of carbonyl (C=O) groups excluding carboxylic acids is 1. The second-order valence-corrected chi connectivity index (χ2v) is 4.59. The van der Waals surface area contributed by atoms with Crippen LogP contribution in [0.25, 0.3) is 0 Å². The smallest absolute Gasteiger partial charge is 0.162 e. The number of hydrogen-bond acceptors (Lipinski definition) is 2. The standard InChI is InChI=1S/C11H13BrO2/c1-8-6-9(4-5-10(8)12)14-11(2,3)7-13/h4-7H,1-3H3. The molecule has 1 rings (SSSR count). The highest BCUT2D eigenvalue weighted by atomic mass is 79.9. The molecular weight excluding hydrogens is 244 g/mol. The summed E-state index contributed by atoms with van der Waals surface area (Å²) >= 11 is 3.40. The maximum absolute atomic E-state index is 10.6. The lowest BCUT2D eigenvalue weighted by molar-refractivity contribution is -0.118. The minimum absolute atomic E-state index is 0.711. The lowest BCUT2D eigenvalue weighted by Gasteiger charge is -2.20. The molecule has 0 bridgehead atoms. The minimum atomic E-state index is -0.764. The lowest BCUT2D eigenvalue weighted by atomic mass is 10.1. The highest BCUT2D eigenvalue weighted by Gasteiger charge is 2.18. The summed E-state index contributed by atoms with van der Waals surface area (Å²) in [6.45, 7) is 5.44. The van der Waals surface area contributed by atoms with Crippen LogP contribution < -0.4 is 4.74 Å². The van der Waals surface area contributed by atoms with Crippen LogP contribution in [0.4, 0.5) is 0 Å². The Bertz CT molecular complexity index is 345. The molecule has 2 nitrogen and oxygen atoms in total. The molecule has 0 aliphatic heterocycles. The van der Waals surface area contributed by atoms with Gasteiger partial charge in [0.15, 0.2) is 11.9 Å². The molecule has 0 aliphatic rings. The zero-order chi connectivity index (χ0) is 10.8. The van der Waals surface area contributed by atoms with Gasteiger partial charge in [-0.05, 0) is 44.5 Å². The van der Waals surface area contributed by atoms with E-state index in [2.05, 4.69) is 15.9 Å². The maximum Gasteiger partial charge on any atom is 0.162 e. The first kappa shape index (κ1) is 11.2. The van der Waals surface area contributed by atoms with Crippen molar-refractivity contribution < 1.29 is 9.53 Å². The number of halogens is 1. The molecule has 76 valence electrons. The molecule has 0 aromatic heterocycles. The molecule has 0 saturated heterocycles. The predicted octanol–water partition coefficient (Wildman–Crippen LogP) is 3.11. The third-order valence-corrected chi connectivity index (χ3v) is 2.68. The van der Waals surface area contributed by atoms with Gasteiger partial charge in [0.25, 0.3) is 0 Å². The Balaban J connectivity index is 2.88. The van der Waals surface area contributed by atoms with Gasteiger partial charge in [0.2, 0.25) is 0 Å². The van der Waals surface area contributed by atoms with Crippen LogP contribution in [0.2, 0.25) is 0 Å². The highest BCUT2D eigenvalue weighted by molar-refractivity contribution is 9.10. The van der Waals surface area contributed by atoms with Crippen LogP contribution in [-0.4, -0.2) is 11.9 Å². The fraction of sp³-hybridized carbons (Fsp3) is 0.364. The van der Waals surface area contributed by atoms with E-state index in [0.29, 0.717) is 5.75 Å². The van der Waals surface area contributed by atoms with E-state index >= 15 is 0 Å². The van der Waals surface area contributed by atoms with E-state index in [4.69, 9.17) is 4.74 Å². The first-order valence-electron chi connectivity index (χ1n) is 4.36. The van der Waals surface area contributed by atoms with Crippen molar-refractivity contribution in [2.24, 2.45) is 0 Å². The number of benzene rings is 1. The molecule has 1 aromatic carbocycles. The fourth-order valence-corrected chi connectivity index (χ4v) is 1.26. The van der Waals surface area contributed by atoms with E-state index in [9.17, 15) is 4.79 Å². The Morgan fingerprint density at radius 2 is 2.07 bits per heavy atom. The summed E-state index contributed by atoms with van der Waals surface area (Å²) < 4.78 is 6.53. The Morgan fingerprint density at radius 1 is 1.43 bits per heavy atom. The number of aryl methyl sites for hydroxylation is 1. The number of ether oxygens (including phenoxy) is 1. The van der Waals surface area contributed by atoms with Crippen molar-refractivity contribution in [3.8, 4) is 5.75 Å². The van der Waals surface area contributed by atoms with Gasteiger partial charge in [0, 0.05) is 4.47 Å². The van der Waals surface area contributed by atoms with Gasteiger partial charge in [-0.25, -0.2) is 0 Å². The molecule has 0 radical (unpaired) electrons. The van der Waals surface area contributed by atoms with Crippen molar-refractivity contribution in [1.82, 2.24) is 0 Å². The molecule has 0 N–H and O–H groups in total. The molecule has 0 saturated carbocycles. The molecule has 0 atom stereocenters. The molecule has 3 heteroatoms. The maximum atomic E-state index is 10.6. The molecule has 0 spiro atoms. The third kappa shape index (κ3) is 2.84. The molecule has 0 aliphatic carbocycles. The van der Waals surface area contributed by atoms with Crippen molar-refractivity contribution in [3.63, 3.8) is 0 Å². The summed E-state index contributed by atoms with van der Waals surface area (Å²) in [6.07, 6.45) is 0.796. The van der Waals surface area contributed by atoms with Crippen LogP contribution in [0.5, 0.6) is 5.75 Å². The number of hydrogen-bond donors (Lipinski definition) is 0. The van der Waals surface area contributed by atoms with E-state index < -0.39 is 5.60 Å². The van der Waals surface area contributed by atoms with Gasteiger partial charge in [-0.15, -0.1) is 0 Å². The molecule has 14 heavy (non-hydrogen) atoms. The molecular formula is C11H13BrO2. The lowest BCUT2D eigenvalue weighted by Crippen LogP contribution is -2.29. The van der Waals surface area contributed by atoms with Gasteiger partial charge in [-0.3, -0.25) is 4.79 Å². The Kier molecular flexibility index (Phi) is 3.32. The third-order valence-electron chi connectivity index (χ3n) is 1.79. The first-order valence-corrected chi connectivity index (χ1v) is 5.15. The Morgan fingerprint density at radius 3 is 2.57 bits per heavy atom. The van der Waals surface area contributed by atoms with Crippen LogP contribution in [0.3, 0.4) is 0 Å². The van der Waals surface area contributed by atoms with Crippen molar-refractivity contribution in [2.45, 2.75) is 26.4 Å². The van der Waals surface area contributed by atoms with Crippen LogP contribution in [0.15, 0.2) is 22.7 Å². The van der Waals surface area contributed by atoms with Crippen LogP contribution in [-0.2, 0) is 4.79 Å². The normalized spacial score (nSPS) is 11.1. The first-order chi connectivity index (χ1) is 6.44. The largest absolute Gasteiger partial charge is 0.480 e.